The minimum atomic E-state index is -3.03. The fourth-order valence-corrected chi connectivity index (χ4v) is 4.11. The number of carbonyl (C=O) groups is 1. The van der Waals surface area contributed by atoms with E-state index >= 15 is 0 Å². The van der Waals surface area contributed by atoms with Crippen LogP contribution in [0.1, 0.15) is 26.3 Å². The topological polar surface area (TPSA) is 84.3 Å². The van der Waals surface area contributed by atoms with Crippen LogP contribution in [0.2, 0.25) is 0 Å². The van der Waals surface area contributed by atoms with Crippen LogP contribution >= 0.6 is 0 Å². The van der Waals surface area contributed by atoms with Crippen molar-refractivity contribution in [3.63, 3.8) is 0 Å². The molecule has 0 spiro atoms. The first-order chi connectivity index (χ1) is 9.78. The van der Waals surface area contributed by atoms with Crippen molar-refractivity contribution in [2.75, 3.05) is 30.4 Å². The van der Waals surface area contributed by atoms with Gasteiger partial charge in [0.25, 0.3) is 0 Å². The van der Waals surface area contributed by atoms with E-state index in [1.807, 2.05) is 25.8 Å². The molecule has 1 saturated heterocycles. The molecule has 0 aliphatic carbocycles. The monoisotopic (exact) mass is 314 g/mol. The Kier molecular flexibility index (Phi) is 4.67. The summed E-state index contributed by atoms with van der Waals surface area (Å²) in [5.74, 6) is 0.657. The van der Waals surface area contributed by atoms with E-state index in [2.05, 4.69) is 10.4 Å². The summed E-state index contributed by atoms with van der Waals surface area (Å²) in [4.78, 5) is 14.1. The van der Waals surface area contributed by atoms with E-state index in [9.17, 15) is 13.2 Å². The van der Waals surface area contributed by atoms with Crippen molar-refractivity contribution >= 4 is 21.6 Å². The van der Waals surface area contributed by atoms with Crippen LogP contribution in [-0.2, 0) is 14.6 Å². The maximum Gasteiger partial charge on any atom is 0.227 e. The molecule has 1 unspecified atom stereocenters. The fraction of sp³-hybridized carbons (Fsp3) is 0.692. The smallest absolute Gasteiger partial charge is 0.227 e. The molecule has 1 fully saturated rings. The zero-order valence-corrected chi connectivity index (χ0v) is 13.4. The predicted molar refractivity (Wildman–Crippen MR) is 80.9 cm³/mol. The summed E-state index contributed by atoms with van der Waals surface area (Å²) in [6, 6.07) is 1.62. The van der Waals surface area contributed by atoms with Gasteiger partial charge in [0.05, 0.1) is 17.7 Å². The van der Waals surface area contributed by atoms with Gasteiger partial charge < -0.3 is 10.2 Å². The molecular formula is C13H22N4O3S. The number of nitrogens with one attached hydrogen (secondary N) is 1. The Labute approximate surface area is 125 Å². The van der Waals surface area contributed by atoms with Gasteiger partial charge in [-0.25, -0.2) is 13.1 Å². The lowest BCUT2D eigenvalue weighted by molar-refractivity contribution is -0.117. The number of hydrogen-bond donors (Lipinski definition) is 1. The largest absolute Gasteiger partial charge is 0.311 e. The normalized spacial score (nSPS) is 22.4. The first-order valence-corrected chi connectivity index (χ1v) is 8.84. The molecule has 1 amide bonds. The summed E-state index contributed by atoms with van der Waals surface area (Å²) in [7, 11) is -1.18. The second-order valence-corrected chi connectivity index (χ2v) is 7.98. The third kappa shape index (κ3) is 4.04. The Balaban J connectivity index is 1.99. The van der Waals surface area contributed by atoms with Crippen LogP contribution in [0.25, 0.3) is 0 Å². The summed E-state index contributed by atoms with van der Waals surface area (Å²) in [5.41, 5.74) is 0. The molecule has 0 saturated carbocycles. The van der Waals surface area contributed by atoms with Gasteiger partial charge in [-0.1, -0.05) is 0 Å². The Morgan fingerprint density at radius 3 is 2.90 bits per heavy atom. The van der Waals surface area contributed by atoms with E-state index in [1.54, 1.807) is 16.9 Å². The second kappa shape index (κ2) is 6.15. The minimum Gasteiger partial charge on any atom is -0.311 e. The quantitative estimate of drug-likeness (QED) is 0.876. The van der Waals surface area contributed by atoms with Crippen molar-refractivity contribution in [2.45, 2.75) is 32.4 Å². The van der Waals surface area contributed by atoms with E-state index in [0.717, 1.165) is 0 Å². The number of hydrogen-bond acceptors (Lipinski definition) is 5. The maximum atomic E-state index is 12.1. The second-order valence-electron chi connectivity index (χ2n) is 5.76. The van der Waals surface area contributed by atoms with E-state index in [4.69, 9.17) is 0 Å². The zero-order valence-electron chi connectivity index (χ0n) is 12.6. The number of aromatic nitrogens is 2. The number of nitrogens with zero attached hydrogens (tertiary/aromatic N) is 3. The van der Waals surface area contributed by atoms with E-state index in [0.29, 0.717) is 12.4 Å². The first-order valence-electron chi connectivity index (χ1n) is 7.02. The molecule has 0 aromatic carbocycles. The van der Waals surface area contributed by atoms with E-state index in [-0.39, 0.29) is 35.9 Å². The summed E-state index contributed by atoms with van der Waals surface area (Å²) < 4.78 is 25.1. The standard InChI is InChI=1S/C13H22N4O3S/c1-10(2)17-12(4-5-14-17)15-13(18)8-11-9-21(19,20)7-6-16(11)3/h4-5,10-11H,6-9H2,1-3H3,(H,15,18). The summed E-state index contributed by atoms with van der Waals surface area (Å²) in [6.45, 7) is 4.43. The van der Waals surface area contributed by atoms with Crippen molar-refractivity contribution in [3.8, 4) is 0 Å². The Hall–Kier alpha value is -1.41. The fourth-order valence-electron chi connectivity index (χ4n) is 2.42. The molecule has 1 aliphatic heterocycles. The SMILES string of the molecule is CC(C)n1nccc1NC(=O)CC1CS(=O)(=O)CCN1C. The minimum absolute atomic E-state index is 0.0420. The molecule has 8 heteroatoms. The molecule has 1 N–H and O–H groups in total. The van der Waals surface area contributed by atoms with Gasteiger partial charge >= 0.3 is 0 Å². The van der Waals surface area contributed by atoms with Crippen LogP contribution in [0, 0.1) is 0 Å². The highest BCUT2D eigenvalue weighted by Gasteiger charge is 2.30. The molecule has 7 nitrogen and oxygen atoms in total. The highest BCUT2D eigenvalue weighted by molar-refractivity contribution is 7.91. The van der Waals surface area contributed by atoms with Gasteiger partial charge in [-0.2, -0.15) is 5.10 Å². The van der Waals surface area contributed by atoms with Gasteiger partial charge in [0, 0.05) is 31.1 Å². The lowest BCUT2D eigenvalue weighted by Crippen LogP contribution is -2.47. The van der Waals surface area contributed by atoms with Crippen LogP contribution < -0.4 is 5.32 Å². The molecule has 118 valence electrons. The molecule has 1 aliphatic rings. The maximum absolute atomic E-state index is 12.1. The molecule has 2 heterocycles. The molecule has 1 aromatic heterocycles. The number of sulfone groups is 1. The van der Waals surface area contributed by atoms with E-state index in [1.165, 1.54) is 0 Å². The lowest BCUT2D eigenvalue weighted by Gasteiger charge is -2.31. The van der Waals surface area contributed by atoms with Crippen molar-refractivity contribution in [1.29, 1.82) is 0 Å². The number of carbonyl (C=O) groups excluding carboxylic acids is 1. The number of amides is 1. The third-order valence-corrected chi connectivity index (χ3v) is 5.37. The average Bonchev–Trinajstić information content (AvgIpc) is 2.81. The zero-order chi connectivity index (χ0) is 15.6. The van der Waals surface area contributed by atoms with Crippen LogP contribution in [0.4, 0.5) is 5.82 Å². The Morgan fingerprint density at radius 2 is 2.24 bits per heavy atom. The van der Waals surface area contributed by atoms with Crippen molar-refractivity contribution in [2.24, 2.45) is 0 Å². The van der Waals surface area contributed by atoms with Gasteiger partial charge in [-0.15, -0.1) is 0 Å². The van der Waals surface area contributed by atoms with Crippen LogP contribution in [0.3, 0.4) is 0 Å². The molecular weight excluding hydrogens is 292 g/mol. The molecule has 2 rings (SSSR count). The summed E-state index contributed by atoms with van der Waals surface area (Å²) in [5, 5.41) is 6.96. The van der Waals surface area contributed by atoms with Crippen LogP contribution in [0.5, 0.6) is 0 Å². The van der Waals surface area contributed by atoms with Crippen molar-refractivity contribution in [1.82, 2.24) is 14.7 Å². The first kappa shape index (κ1) is 16.0. The molecule has 0 bridgehead atoms. The van der Waals surface area contributed by atoms with E-state index < -0.39 is 9.84 Å². The Morgan fingerprint density at radius 1 is 1.52 bits per heavy atom. The highest BCUT2D eigenvalue weighted by atomic mass is 32.2. The van der Waals surface area contributed by atoms with Crippen LogP contribution in [-0.4, -0.2) is 60.1 Å². The Bertz CT molecular complexity index is 609. The average molecular weight is 314 g/mol. The van der Waals surface area contributed by atoms with Crippen molar-refractivity contribution in [3.05, 3.63) is 12.3 Å². The van der Waals surface area contributed by atoms with Crippen LogP contribution in [0.15, 0.2) is 12.3 Å². The predicted octanol–water partition coefficient (Wildman–Crippen LogP) is 0.521. The highest BCUT2D eigenvalue weighted by Crippen LogP contribution is 2.16. The van der Waals surface area contributed by atoms with Gasteiger partial charge in [0.1, 0.15) is 5.82 Å². The lowest BCUT2D eigenvalue weighted by atomic mass is 10.2. The summed E-state index contributed by atoms with van der Waals surface area (Å²) in [6.07, 6.45) is 1.80. The summed E-state index contributed by atoms with van der Waals surface area (Å²) >= 11 is 0. The number of rotatable bonds is 4. The van der Waals surface area contributed by atoms with Crippen molar-refractivity contribution < 1.29 is 13.2 Å². The number of anilines is 1. The van der Waals surface area contributed by atoms with Gasteiger partial charge in [0.2, 0.25) is 5.91 Å². The molecule has 0 radical (unpaired) electrons. The van der Waals surface area contributed by atoms with Gasteiger partial charge in [-0.05, 0) is 20.9 Å². The molecule has 21 heavy (non-hydrogen) atoms. The third-order valence-electron chi connectivity index (χ3n) is 3.67. The van der Waals surface area contributed by atoms with Gasteiger partial charge in [0.15, 0.2) is 9.84 Å². The van der Waals surface area contributed by atoms with Gasteiger partial charge in [-0.3, -0.25) is 4.79 Å². The molecule has 1 aromatic rings. The molecule has 1 atom stereocenters.